The van der Waals surface area contributed by atoms with Crippen LogP contribution in [0.3, 0.4) is 0 Å². The number of para-hydroxylation sites is 2. The summed E-state index contributed by atoms with van der Waals surface area (Å²) in [6.07, 6.45) is 1.83. The molecule has 1 aliphatic carbocycles. The van der Waals surface area contributed by atoms with Gasteiger partial charge in [0, 0.05) is 66.8 Å². The van der Waals surface area contributed by atoms with Gasteiger partial charge in [-0.05, 0) is 126 Å². The Hall–Kier alpha value is -6.93. The molecule has 0 N–H and O–H groups in total. The van der Waals surface area contributed by atoms with Crippen LogP contribution in [-0.2, 0) is 48.1 Å². The molecular weight excluding hydrogens is 1070 g/mol. The largest absolute Gasteiger partial charge is 0.509 e. The van der Waals surface area contributed by atoms with Crippen LogP contribution in [0.2, 0.25) is 0 Å². The van der Waals surface area contributed by atoms with E-state index in [1.165, 1.54) is 50.1 Å². The van der Waals surface area contributed by atoms with Gasteiger partial charge in [0.1, 0.15) is 5.82 Å². The monoisotopic (exact) mass is 1130 g/mol. The third kappa shape index (κ3) is 7.32. The molecule has 3 aliphatic rings. The first kappa shape index (κ1) is 48.3. The topological polar surface area (TPSA) is 57.3 Å². The number of hydrogen-bond acceptors (Lipinski definition) is 5. The van der Waals surface area contributed by atoms with Crippen LogP contribution in [-0.4, -0.2) is 9.55 Å². The number of rotatable bonds is 4. The van der Waals surface area contributed by atoms with Crippen molar-refractivity contribution in [2.45, 2.75) is 110 Å². The van der Waals surface area contributed by atoms with Crippen molar-refractivity contribution in [1.29, 1.82) is 5.26 Å². The van der Waals surface area contributed by atoms with E-state index in [1.54, 1.807) is 0 Å². The second-order valence-corrected chi connectivity index (χ2v) is 24.1. The van der Waals surface area contributed by atoms with Crippen molar-refractivity contribution >= 4 is 44.6 Å². The molecule has 1 spiro atoms. The Morgan fingerprint density at radius 1 is 0.589 bits per heavy atom. The van der Waals surface area contributed by atoms with Gasteiger partial charge in [0.05, 0.1) is 11.6 Å². The maximum Gasteiger partial charge on any atom is 0.135 e. The van der Waals surface area contributed by atoms with E-state index >= 15 is 0 Å². The molecule has 4 heterocycles. The van der Waals surface area contributed by atoms with Crippen LogP contribution in [0.25, 0.3) is 38.8 Å². The summed E-state index contributed by atoms with van der Waals surface area (Å²) in [5.41, 5.74) is 18.2. The van der Waals surface area contributed by atoms with Crippen molar-refractivity contribution in [2.75, 3.05) is 9.80 Å². The second kappa shape index (κ2) is 16.5. The summed E-state index contributed by atoms with van der Waals surface area (Å²) < 4.78 is 9.16. The van der Waals surface area contributed by atoms with Gasteiger partial charge >= 0.3 is 0 Å². The summed E-state index contributed by atoms with van der Waals surface area (Å²) in [5.74, 6) is 1.99. The first-order valence-electron chi connectivity index (χ1n) is 25.3. The standard InChI is InChI=1S/C66H60N5O.Pt/c1-62(2,3)41-32-48-49-33-42(63(4,5)6)35-53(65(10,11)12)60(49)66(59(48)52(34-41)64(7,8)9)50-30-28-45(37-57(50)70-39-69(43-25-23-40(38-67)24-26-43)55-21-17-19-51(66)61(55)70)72-44-27-29-47-46-18-13-14-20-54(46)71(56(47)36-44)58-22-15-16-31-68-58;/h13-35,39H,1-12H3;/q-3;. The van der Waals surface area contributed by atoms with E-state index in [0.29, 0.717) is 17.1 Å². The van der Waals surface area contributed by atoms with Gasteiger partial charge in [0.15, 0.2) is 0 Å². The van der Waals surface area contributed by atoms with E-state index < -0.39 is 5.41 Å². The van der Waals surface area contributed by atoms with Crippen LogP contribution in [0.1, 0.15) is 133 Å². The Balaban J connectivity index is 0.00000574. The fraction of sp³-hybridized carbons (Fsp3) is 0.258. The van der Waals surface area contributed by atoms with Gasteiger partial charge in [-0.3, -0.25) is 0 Å². The van der Waals surface area contributed by atoms with Crippen LogP contribution in [0.15, 0.2) is 140 Å². The van der Waals surface area contributed by atoms with Crippen molar-refractivity contribution in [3.63, 3.8) is 0 Å². The molecule has 0 fully saturated rings. The Labute approximate surface area is 445 Å². The summed E-state index contributed by atoms with van der Waals surface area (Å²) in [6.45, 7) is 30.5. The van der Waals surface area contributed by atoms with Crippen molar-refractivity contribution in [1.82, 2.24) is 9.55 Å². The molecule has 2 aliphatic heterocycles. The van der Waals surface area contributed by atoms with Gasteiger partial charge in [-0.1, -0.05) is 155 Å². The predicted octanol–water partition coefficient (Wildman–Crippen LogP) is 16.7. The van der Waals surface area contributed by atoms with Crippen molar-refractivity contribution in [3.8, 4) is 34.5 Å². The molecule has 7 aromatic carbocycles. The van der Waals surface area contributed by atoms with Gasteiger partial charge in [-0.15, -0.1) is 41.9 Å². The summed E-state index contributed by atoms with van der Waals surface area (Å²) >= 11 is 0. The summed E-state index contributed by atoms with van der Waals surface area (Å²) in [6, 6.07) is 57.8. The van der Waals surface area contributed by atoms with Gasteiger partial charge in [-0.2, -0.15) is 17.4 Å². The first-order valence-corrected chi connectivity index (χ1v) is 25.3. The van der Waals surface area contributed by atoms with Crippen molar-refractivity contribution < 1.29 is 25.8 Å². The van der Waals surface area contributed by atoms with Gasteiger partial charge in [0.2, 0.25) is 0 Å². The number of fused-ring (bicyclic) bond motifs is 12. The Kier molecular flexibility index (Phi) is 11.0. The minimum atomic E-state index is -0.766. The minimum Gasteiger partial charge on any atom is -0.509 e. The number of nitrogens with zero attached hydrogens (tertiary/aromatic N) is 5. The maximum absolute atomic E-state index is 9.83. The van der Waals surface area contributed by atoms with Crippen molar-refractivity contribution in [3.05, 3.63) is 209 Å². The van der Waals surface area contributed by atoms with Crippen molar-refractivity contribution in [2.24, 2.45) is 0 Å². The van der Waals surface area contributed by atoms with Gasteiger partial charge < -0.3 is 19.1 Å². The molecule has 9 aromatic rings. The molecule has 0 saturated heterocycles. The molecule has 12 rings (SSSR count). The molecule has 73 heavy (non-hydrogen) atoms. The Morgan fingerprint density at radius 3 is 1.81 bits per heavy atom. The van der Waals surface area contributed by atoms with Crippen LogP contribution >= 0.6 is 0 Å². The number of benzene rings is 7. The maximum atomic E-state index is 9.83. The summed E-state index contributed by atoms with van der Waals surface area (Å²) in [5, 5.41) is 12.0. The predicted molar refractivity (Wildman–Crippen MR) is 295 cm³/mol. The van der Waals surface area contributed by atoms with Crippen LogP contribution in [0, 0.1) is 30.1 Å². The molecule has 6 nitrogen and oxygen atoms in total. The van der Waals surface area contributed by atoms with Crippen LogP contribution < -0.4 is 14.5 Å². The van der Waals surface area contributed by atoms with Gasteiger partial charge in [-0.25, -0.2) is 4.98 Å². The van der Waals surface area contributed by atoms with E-state index in [0.717, 1.165) is 55.9 Å². The fourth-order valence-electron chi connectivity index (χ4n) is 11.8. The molecule has 0 unspecified atom stereocenters. The van der Waals surface area contributed by atoms with E-state index in [-0.39, 0.29) is 42.7 Å². The number of nitriles is 1. The quantitative estimate of drug-likeness (QED) is 0.164. The summed E-state index contributed by atoms with van der Waals surface area (Å²) in [4.78, 5) is 9.37. The smallest absolute Gasteiger partial charge is 0.135 e. The fourth-order valence-corrected chi connectivity index (χ4v) is 11.8. The van der Waals surface area contributed by atoms with E-state index in [1.807, 2.05) is 54.7 Å². The van der Waals surface area contributed by atoms with E-state index in [2.05, 4.69) is 207 Å². The third-order valence-corrected chi connectivity index (χ3v) is 15.3. The normalized spacial score (nSPS) is 14.5. The van der Waals surface area contributed by atoms with Crippen LogP contribution in [0.4, 0.5) is 22.7 Å². The molecule has 7 heteroatoms. The zero-order valence-corrected chi connectivity index (χ0v) is 46.1. The first-order chi connectivity index (χ1) is 34.2. The van der Waals surface area contributed by atoms with Gasteiger partial charge in [0.25, 0.3) is 0 Å². The zero-order chi connectivity index (χ0) is 50.4. The van der Waals surface area contributed by atoms with E-state index in [4.69, 9.17) is 9.72 Å². The number of anilines is 4. The minimum absolute atomic E-state index is 0. The molecule has 368 valence electrons. The molecular formula is C66H60N5OPt-3. The summed E-state index contributed by atoms with van der Waals surface area (Å²) in [7, 11) is 0. The molecule has 2 aromatic heterocycles. The SMILES string of the molecule is CC(C)(C)c1cc2c(c(C(C)(C)C)c1)C1(c3ccc(Oc4[c-]c5c(cc4)c4ccccc4n5-c4ccccn4)[c-]c3N3[CH-]N(c4ccc(C#N)cc4)c4cccc1c43)c1c-2cc(C(C)(C)C)cc1C(C)(C)C.[Pt]. The number of pyridine rings is 1. The number of aromatic nitrogens is 2. The molecule has 0 atom stereocenters. The van der Waals surface area contributed by atoms with E-state index in [9.17, 15) is 5.26 Å². The second-order valence-electron chi connectivity index (χ2n) is 24.1. The number of ether oxygens (including phenoxy) is 1. The van der Waals surface area contributed by atoms with Crippen LogP contribution in [0.5, 0.6) is 11.5 Å². The molecule has 0 amide bonds. The number of hydrogen-bond donors (Lipinski definition) is 0. The Bertz CT molecular complexity index is 3670. The average molecular weight is 1130 g/mol. The average Bonchev–Trinajstić information content (AvgIpc) is 3.99. The Morgan fingerprint density at radius 2 is 1.21 bits per heavy atom. The molecule has 0 radical (unpaired) electrons. The molecule has 0 bridgehead atoms. The third-order valence-electron chi connectivity index (χ3n) is 15.3. The molecule has 0 saturated carbocycles. The zero-order valence-electron chi connectivity index (χ0n) is 43.8.